The smallest absolute Gasteiger partial charge is 0.237 e. The van der Waals surface area contributed by atoms with E-state index in [2.05, 4.69) is 10.6 Å². The molecule has 0 bridgehead atoms. The van der Waals surface area contributed by atoms with E-state index >= 15 is 0 Å². The first kappa shape index (κ1) is 22.0. The van der Waals surface area contributed by atoms with E-state index in [1.165, 1.54) is 38.1 Å². The molecule has 1 aliphatic rings. The van der Waals surface area contributed by atoms with Crippen LogP contribution in [0.1, 0.15) is 13.3 Å². The molecule has 2 N–H and O–H groups in total. The first-order valence-corrected chi connectivity index (χ1v) is 11.6. The second-order valence-corrected chi connectivity index (χ2v) is 10.1. The van der Waals surface area contributed by atoms with Gasteiger partial charge in [-0.15, -0.1) is 11.8 Å². The Morgan fingerprint density at radius 1 is 1.17 bits per heavy atom. The van der Waals surface area contributed by atoms with Crippen LogP contribution in [0, 0.1) is 0 Å². The molecule has 2 aromatic carbocycles. The molecule has 10 heteroatoms. The standard InChI is InChI=1S/C20H22N2O6S2/c1-12-20(24)22-16-11-14(5-7-18(16)29-12)30(25,26)9-8-19(23)21-15-6-4-13(27-2)10-17(15)28-3/h4-7,10-12H,8-9H2,1-3H3,(H,21,23)(H,22,24)/t12-/m0/s1. The normalized spacial score (nSPS) is 15.7. The third-order valence-electron chi connectivity index (χ3n) is 4.52. The number of nitrogens with one attached hydrogen (secondary N) is 2. The molecule has 0 saturated heterocycles. The molecular formula is C20H22N2O6S2. The Labute approximate surface area is 179 Å². The quantitative estimate of drug-likeness (QED) is 0.667. The number of anilines is 2. The zero-order valence-electron chi connectivity index (χ0n) is 16.7. The van der Waals surface area contributed by atoms with Crippen molar-refractivity contribution in [2.24, 2.45) is 0 Å². The van der Waals surface area contributed by atoms with Gasteiger partial charge in [-0.2, -0.15) is 0 Å². The van der Waals surface area contributed by atoms with Crippen molar-refractivity contribution in [1.29, 1.82) is 0 Å². The lowest BCUT2D eigenvalue weighted by molar-refractivity contribution is -0.116. The molecule has 2 amide bonds. The number of benzene rings is 2. The van der Waals surface area contributed by atoms with Gasteiger partial charge in [-0.05, 0) is 37.3 Å². The number of rotatable bonds is 7. The monoisotopic (exact) mass is 450 g/mol. The van der Waals surface area contributed by atoms with Gasteiger partial charge in [-0.25, -0.2) is 8.42 Å². The van der Waals surface area contributed by atoms with Crippen molar-refractivity contribution in [2.75, 3.05) is 30.6 Å². The first-order valence-electron chi connectivity index (χ1n) is 9.09. The molecule has 2 aromatic rings. The Morgan fingerprint density at radius 3 is 2.63 bits per heavy atom. The van der Waals surface area contributed by atoms with Gasteiger partial charge in [-0.1, -0.05) is 0 Å². The summed E-state index contributed by atoms with van der Waals surface area (Å²) in [7, 11) is -0.733. The largest absolute Gasteiger partial charge is 0.497 e. The van der Waals surface area contributed by atoms with Crippen molar-refractivity contribution in [3.05, 3.63) is 36.4 Å². The molecule has 0 unspecified atom stereocenters. The molecule has 3 rings (SSSR count). The van der Waals surface area contributed by atoms with Crippen molar-refractivity contribution in [3.8, 4) is 11.5 Å². The minimum absolute atomic E-state index is 0.0616. The molecule has 0 aliphatic carbocycles. The van der Waals surface area contributed by atoms with E-state index in [1.54, 1.807) is 31.2 Å². The maximum atomic E-state index is 12.7. The minimum Gasteiger partial charge on any atom is -0.497 e. The van der Waals surface area contributed by atoms with Crippen LogP contribution < -0.4 is 20.1 Å². The summed E-state index contributed by atoms with van der Waals surface area (Å²) in [6.07, 6.45) is -0.229. The Morgan fingerprint density at radius 2 is 1.93 bits per heavy atom. The Hall–Kier alpha value is -2.72. The summed E-state index contributed by atoms with van der Waals surface area (Å²) < 4.78 is 35.7. The Bertz CT molecular complexity index is 1080. The number of hydrogen-bond donors (Lipinski definition) is 2. The summed E-state index contributed by atoms with van der Waals surface area (Å²) in [6, 6.07) is 9.50. The van der Waals surface area contributed by atoms with Gasteiger partial charge in [0.05, 0.1) is 41.5 Å². The van der Waals surface area contributed by atoms with Crippen molar-refractivity contribution >= 4 is 44.8 Å². The van der Waals surface area contributed by atoms with E-state index in [9.17, 15) is 18.0 Å². The predicted molar refractivity (Wildman–Crippen MR) is 115 cm³/mol. The fourth-order valence-electron chi connectivity index (χ4n) is 2.84. The lowest BCUT2D eigenvalue weighted by Gasteiger charge is -2.21. The van der Waals surface area contributed by atoms with Crippen LogP contribution in [-0.2, 0) is 19.4 Å². The molecule has 1 aliphatic heterocycles. The molecule has 1 heterocycles. The van der Waals surface area contributed by atoms with E-state index in [-0.39, 0.29) is 28.2 Å². The summed E-state index contributed by atoms with van der Waals surface area (Å²) in [5.41, 5.74) is 0.889. The van der Waals surface area contributed by atoms with Crippen LogP contribution in [0.3, 0.4) is 0 Å². The number of hydrogen-bond acceptors (Lipinski definition) is 7. The highest BCUT2D eigenvalue weighted by Gasteiger charge is 2.25. The van der Waals surface area contributed by atoms with Crippen molar-refractivity contribution in [3.63, 3.8) is 0 Å². The van der Waals surface area contributed by atoms with Crippen LogP contribution in [0.4, 0.5) is 11.4 Å². The summed E-state index contributed by atoms with van der Waals surface area (Å²) in [4.78, 5) is 25.0. The van der Waals surface area contributed by atoms with E-state index in [4.69, 9.17) is 9.47 Å². The van der Waals surface area contributed by atoms with Crippen LogP contribution in [0.2, 0.25) is 0 Å². The average Bonchev–Trinajstić information content (AvgIpc) is 2.73. The topological polar surface area (TPSA) is 111 Å². The summed E-state index contributed by atoms with van der Waals surface area (Å²) in [5.74, 6) is -0.0251. The van der Waals surface area contributed by atoms with Crippen LogP contribution in [-0.4, -0.2) is 45.5 Å². The molecule has 0 radical (unpaired) electrons. The molecular weight excluding hydrogens is 428 g/mol. The molecule has 30 heavy (non-hydrogen) atoms. The number of ether oxygens (including phenoxy) is 2. The molecule has 0 saturated carbocycles. The molecule has 8 nitrogen and oxygen atoms in total. The number of fused-ring (bicyclic) bond motifs is 1. The van der Waals surface area contributed by atoms with E-state index in [0.717, 1.165) is 4.90 Å². The number of carbonyl (C=O) groups excluding carboxylic acids is 2. The van der Waals surface area contributed by atoms with Gasteiger partial charge >= 0.3 is 0 Å². The highest BCUT2D eigenvalue weighted by Crippen LogP contribution is 2.37. The van der Waals surface area contributed by atoms with Gasteiger partial charge < -0.3 is 20.1 Å². The third kappa shape index (κ3) is 4.88. The Kier molecular flexibility index (Phi) is 6.57. The SMILES string of the molecule is COc1ccc(NC(=O)CCS(=O)(=O)c2ccc3c(c2)NC(=O)[C@H](C)S3)c(OC)c1. The predicted octanol–water partition coefficient (Wildman–Crippen LogP) is 2.94. The fourth-order valence-corrected chi connectivity index (χ4v) is 5.03. The van der Waals surface area contributed by atoms with E-state index < -0.39 is 15.7 Å². The molecule has 160 valence electrons. The number of sulfone groups is 1. The van der Waals surface area contributed by atoms with Crippen molar-refractivity contribution in [2.45, 2.75) is 28.4 Å². The number of thioether (sulfide) groups is 1. The highest BCUT2D eigenvalue weighted by molar-refractivity contribution is 8.01. The molecule has 0 aromatic heterocycles. The maximum Gasteiger partial charge on any atom is 0.237 e. The van der Waals surface area contributed by atoms with E-state index in [0.29, 0.717) is 22.9 Å². The van der Waals surface area contributed by atoms with Gasteiger partial charge in [-0.3, -0.25) is 9.59 Å². The number of carbonyl (C=O) groups is 2. The van der Waals surface area contributed by atoms with Crippen LogP contribution in [0.25, 0.3) is 0 Å². The average molecular weight is 451 g/mol. The van der Waals surface area contributed by atoms with Crippen LogP contribution in [0.5, 0.6) is 11.5 Å². The lowest BCUT2D eigenvalue weighted by atomic mass is 10.2. The summed E-state index contributed by atoms with van der Waals surface area (Å²) >= 11 is 1.37. The van der Waals surface area contributed by atoms with Gasteiger partial charge in [0.2, 0.25) is 11.8 Å². The van der Waals surface area contributed by atoms with Crippen LogP contribution >= 0.6 is 11.8 Å². The zero-order valence-corrected chi connectivity index (χ0v) is 18.4. The van der Waals surface area contributed by atoms with Crippen molar-refractivity contribution in [1.82, 2.24) is 0 Å². The minimum atomic E-state index is -3.71. The zero-order chi connectivity index (χ0) is 21.9. The van der Waals surface area contributed by atoms with Gasteiger partial charge in [0, 0.05) is 17.4 Å². The number of amides is 2. The molecule has 0 spiro atoms. The van der Waals surface area contributed by atoms with Gasteiger partial charge in [0.1, 0.15) is 11.5 Å². The van der Waals surface area contributed by atoms with Gasteiger partial charge in [0.15, 0.2) is 9.84 Å². The third-order valence-corrected chi connectivity index (χ3v) is 7.41. The highest BCUT2D eigenvalue weighted by atomic mass is 32.2. The van der Waals surface area contributed by atoms with Gasteiger partial charge in [0.25, 0.3) is 0 Å². The van der Waals surface area contributed by atoms with Crippen LogP contribution in [0.15, 0.2) is 46.2 Å². The van der Waals surface area contributed by atoms with Crippen molar-refractivity contribution < 1.29 is 27.5 Å². The second kappa shape index (κ2) is 8.97. The molecule has 1 atom stereocenters. The van der Waals surface area contributed by atoms with E-state index in [1.807, 2.05) is 0 Å². The number of methoxy groups -OCH3 is 2. The Balaban J connectivity index is 1.67. The summed E-state index contributed by atoms with van der Waals surface area (Å²) in [6.45, 7) is 1.78. The summed E-state index contributed by atoms with van der Waals surface area (Å²) in [5, 5.41) is 5.13. The second-order valence-electron chi connectivity index (χ2n) is 6.59. The fraction of sp³-hybridized carbons (Fsp3) is 0.300. The molecule has 0 fully saturated rings. The maximum absolute atomic E-state index is 12.7. The first-order chi connectivity index (χ1) is 14.2. The lowest BCUT2D eigenvalue weighted by Crippen LogP contribution is -2.26.